The van der Waals surface area contributed by atoms with Gasteiger partial charge in [-0.2, -0.15) is 4.31 Å². The SMILES string of the molecule is Cc1cc(C)c(CNC(=O)c2cccc(S(=O)(=O)N3CC(C)CC(C)C3)c2)c(=O)[nH]1. The topological polar surface area (TPSA) is 99.3 Å². The van der Waals surface area contributed by atoms with Crippen LogP contribution in [0.3, 0.4) is 0 Å². The number of amides is 1. The van der Waals surface area contributed by atoms with Gasteiger partial charge in [-0.1, -0.05) is 19.9 Å². The second kappa shape index (κ2) is 8.73. The highest BCUT2D eigenvalue weighted by Crippen LogP contribution is 2.27. The number of hydrogen-bond acceptors (Lipinski definition) is 4. The first-order chi connectivity index (χ1) is 14.1. The van der Waals surface area contributed by atoms with Gasteiger partial charge < -0.3 is 10.3 Å². The van der Waals surface area contributed by atoms with Crippen LogP contribution >= 0.6 is 0 Å². The van der Waals surface area contributed by atoms with Crippen molar-refractivity contribution in [1.29, 1.82) is 0 Å². The number of aromatic amines is 1. The Morgan fingerprint density at radius 3 is 2.47 bits per heavy atom. The van der Waals surface area contributed by atoms with Gasteiger partial charge in [0.05, 0.1) is 4.90 Å². The fourth-order valence-corrected chi connectivity index (χ4v) is 5.85. The fraction of sp³-hybridized carbons (Fsp3) is 0.455. The maximum Gasteiger partial charge on any atom is 0.253 e. The van der Waals surface area contributed by atoms with Gasteiger partial charge in [0, 0.05) is 36.5 Å². The lowest BCUT2D eigenvalue weighted by molar-refractivity contribution is 0.0950. The van der Waals surface area contributed by atoms with E-state index in [2.05, 4.69) is 24.1 Å². The number of aryl methyl sites for hydroxylation is 2. The van der Waals surface area contributed by atoms with Gasteiger partial charge in [-0.05, 0) is 61.9 Å². The van der Waals surface area contributed by atoms with Crippen molar-refractivity contribution in [2.45, 2.75) is 45.6 Å². The summed E-state index contributed by atoms with van der Waals surface area (Å²) in [5, 5.41) is 2.72. The zero-order chi connectivity index (χ0) is 22.1. The second-order valence-electron chi connectivity index (χ2n) is 8.42. The fourth-order valence-electron chi connectivity index (χ4n) is 4.12. The summed E-state index contributed by atoms with van der Waals surface area (Å²) in [7, 11) is -3.67. The van der Waals surface area contributed by atoms with Crippen LogP contribution in [0.1, 0.15) is 47.4 Å². The largest absolute Gasteiger partial charge is 0.348 e. The summed E-state index contributed by atoms with van der Waals surface area (Å²) in [5.74, 6) is 0.170. The molecule has 1 aliphatic rings. The average molecular weight is 432 g/mol. The van der Waals surface area contributed by atoms with Crippen LogP contribution in [0.25, 0.3) is 0 Å². The molecular weight excluding hydrogens is 402 g/mol. The standard InChI is InChI=1S/C22H29N3O4S/c1-14-8-15(2)13-25(12-14)30(28,29)19-7-5-6-18(10-19)21(26)23-11-20-16(3)9-17(4)24-22(20)27/h5-7,9-10,14-15H,8,11-13H2,1-4H3,(H,23,26)(H,24,27). The van der Waals surface area contributed by atoms with Crippen molar-refractivity contribution in [1.82, 2.24) is 14.6 Å². The summed E-state index contributed by atoms with van der Waals surface area (Å²) >= 11 is 0. The van der Waals surface area contributed by atoms with Crippen molar-refractivity contribution < 1.29 is 13.2 Å². The molecule has 0 bridgehead atoms. The number of nitrogens with one attached hydrogen (secondary N) is 2. The van der Waals surface area contributed by atoms with E-state index >= 15 is 0 Å². The third-order valence-corrected chi connectivity index (χ3v) is 7.32. The molecule has 1 fully saturated rings. The van der Waals surface area contributed by atoms with Crippen molar-refractivity contribution in [3.8, 4) is 0 Å². The van der Waals surface area contributed by atoms with Gasteiger partial charge in [0.2, 0.25) is 10.0 Å². The number of carbonyl (C=O) groups is 1. The van der Waals surface area contributed by atoms with E-state index in [1.165, 1.54) is 16.4 Å². The number of piperidine rings is 1. The molecule has 1 amide bonds. The van der Waals surface area contributed by atoms with Crippen molar-refractivity contribution in [3.63, 3.8) is 0 Å². The molecule has 1 saturated heterocycles. The molecular formula is C22H29N3O4S. The van der Waals surface area contributed by atoms with Crippen LogP contribution in [0.15, 0.2) is 40.0 Å². The van der Waals surface area contributed by atoms with Crippen molar-refractivity contribution in [3.05, 3.63) is 63.1 Å². The molecule has 2 aromatic rings. The van der Waals surface area contributed by atoms with Gasteiger partial charge >= 0.3 is 0 Å². The Morgan fingerprint density at radius 2 is 1.83 bits per heavy atom. The number of rotatable bonds is 5. The lowest BCUT2D eigenvalue weighted by Crippen LogP contribution is -2.42. The normalized spacial score (nSPS) is 20.1. The van der Waals surface area contributed by atoms with Gasteiger partial charge in [0.1, 0.15) is 0 Å². The molecule has 7 nitrogen and oxygen atoms in total. The van der Waals surface area contributed by atoms with Crippen LogP contribution in [-0.4, -0.2) is 36.7 Å². The zero-order valence-electron chi connectivity index (χ0n) is 17.9. The molecule has 1 aliphatic heterocycles. The molecule has 2 heterocycles. The van der Waals surface area contributed by atoms with Crippen molar-refractivity contribution in [2.24, 2.45) is 11.8 Å². The van der Waals surface area contributed by atoms with E-state index in [0.717, 1.165) is 17.7 Å². The van der Waals surface area contributed by atoms with Crippen LogP contribution in [0.2, 0.25) is 0 Å². The molecule has 30 heavy (non-hydrogen) atoms. The first-order valence-corrected chi connectivity index (χ1v) is 11.6. The van der Waals surface area contributed by atoms with Gasteiger partial charge in [0.25, 0.3) is 11.5 Å². The maximum atomic E-state index is 13.1. The minimum atomic E-state index is -3.67. The molecule has 0 aliphatic carbocycles. The number of nitrogens with zero attached hydrogens (tertiary/aromatic N) is 1. The highest BCUT2D eigenvalue weighted by atomic mass is 32.2. The summed E-state index contributed by atoms with van der Waals surface area (Å²) in [6, 6.07) is 7.91. The number of H-pyrrole nitrogens is 1. The van der Waals surface area contributed by atoms with Crippen LogP contribution < -0.4 is 10.9 Å². The Labute approximate surface area is 177 Å². The smallest absolute Gasteiger partial charge is 0.253 e. The van der Waals surface area contributed by atoms with Crippen LogP contribution in [-0.2, 0) is 16.6 Å². The average Bonchev–Trinajstić information content (AvgIpc) is 2.66. The van der Waals surface area contributed by atoms with E-state index in [-0.39, 0.29) is 22.6 Å². The molecule has 0 saturated carbocycles. The number of carbonyl (C=O) groups excluding carboxylic acids is 1. The Kier molecular flexibility index (Phi) is 6.47. The van der Waals surface area contributed by atoms with Crippen molar-refractivity contribution >= 4 is 15.9 Å². The lowest BCUT2D eigenvalue weighted by atomic mass is 9.94. The molecule has 1 aromatic heterocycles. The molecule has 162 valence electrons. The second-order valence-corrected chi connectivity index (χ2v) is 10.4. The highest BCUT2D eigenvalue weighted by molar-refractivity contribution is 7.89. The highest BCUT2D eigenvalue weighted by Gasteiger charge is 2.32. The van der Waals surface area contributed by atoms with Crippen LogP contribution in [0, 0.1) is 25.7 Å². The maximum absolute atomic E-state index is 13.1. The number of pyridine rings is 1. The van der Waals surface area contributed by atoms with E-state index in [0.29, 0.717) is 30.5 Å². The number of hydrogen-bond donors (Lipinski definition) is 2. The Morgan fingerprint density at radius 1 is 1.17 bits per heavy atom. The monoisotopic (exact) mass is 431 g/mol. The summed E-state index contributed by atoms with van der Waals surface area (Å²) < 4.78 is 27.7. The Balaban J connectivity index is 1.78. The van der Waals surface area contributed by atoms with Crippen molar-refractivity contribution in [2.75, 3.05) is 13.1 Å². The van der Waals surface area contributed by atoms with Crippen LogP contribution in [0.5, 0.6) is 0 Å². The Bertz CT molecular complexity index is 1100. The summed E-state index contributed by atoms with van der Waals surface area (Å²) in [6.45, 7) is 8.76. The van der Waals surface area contributed by atoms with Crippen LogP contribution in [0.4, 0.5) is 0 Å². The van der Waals surface area contributed by atoms with E-state index < -0.39 is 15.9 Å². The molecule has 0 spiro atoms. The number of aromatic nitrogens is 1. The quantitative estimate of drug-likeness (QED) is 0.760. The summed E-state index contributed by atoms with van der Waals surface area (Å²) in [6.07, 6.45) is 1.01. The zero-order valence-corrected chi connectivity index (χ0v) is 18.7. The molecule has 2 atom stereocenters. The first kappa shape index (κ1) is 22.2. The predicted octanol–water partition coefficient (Wildman–Crippen LogP) is 2.59. The molecule has 2 unspecified atom stereocenters. The minimum Gasteiger partial charge on any atom is -0.348 e. The predicted molar refractivity (Wildman–Crippen MR) is 116 cm³/mol. The van der Waals surface area contributed by atoms with Gasteiger partial charge in [0.15, 0.2) is 0 Å². The lowest BCUT2D eigenvalue weighted by Gasteiger charge is -2.34. The third kappa shape index (κ3) is 4.82. The number of benzene rings is 1. The molecule has 3 rings (SSSR count). The van der Waals surface area contributed by atoms with E-state index in [1.54, 1.807) is 19.1 Å². The first-order valence-electron chi connectivity index (χ1n) is 10.2. The van der Waals surface area contributed by atoms with Gasteiger partial charge in [-0.3, -0.25) is 9.59 Å². The summed E-state index contributed by atoms with van der Waals surface area (Å²) in [5.41, 5.74) is 2.04. The summed E-state index contributed by atoms with van der Waals surface area (Å²) in [4.78, 5) is 27.6. The van der Waals surface area contributed by atoms with Gasteiger partial charge in [-0.25, -0.2) is 8.42 Å². The minimum absolute atomic E-state index is 0.0679. The van der Waals surface area contributed by atoms with E-state index in [9.17, 15) is 18.0 Å². The third-order valence-electron chi connectivity index (χ3n) is 5.49. The molecule has 0 radical (unpaired) electrons. The molecule has 8 heteroatoms. The van der Waals surface area contributed by atoms with E-state index in [1.807, 2.05) is 13.0 Å². The Hall–Kier alpha value is -2.45. The van der Waals surface area contributed by atoms with Gasteiger partial charge in [-0.15, -0.1) is 0 Å². The molecule has 2 N–H and O–H groups in total. The molecule has 1 aromatic carbocycles. The number of sulfonamides is 1. The van der Waals surface area contributed by atoms with E-state index in [4.69, 9.17) is 0 Å².